The minimum atomic E-state index is -1.15. The van der Waals surface area contributed by atoms with Gasteiger partial charge in [-0.15, -0.1) is 0 Å². The lowest BCUT2D eigenvalue weighted by atomic mass is 9.79. The molecular formula is C96H84N4O16. The van der Waals surface area contributed by atoms with Crippen molar-refractivity contribution in [2.45, 2.75) is 128 Å². The molecule has 0 atom stereocenters. The van der Waals surface area contributed by atoms with Crippen LogP contribution in [0.5, 0.6) is 47.0 Å². The number of hydrogen-bond acceptors (Lipinski definition) is 20. The second-order valence-corrected chi connectivity index (χ2v) is 27.9. The van der Waals surface area contributed by atoms with Crippen molar-refractivity contribution in [1.29, 1.82) is 0 Å². The number of pyridine rings is 4. The second kappa shape index (κ2) is 38.6. The highest BCUT2D eigenvalue weighted by molar-refractivity contribution is 5.96. The largest absolute Gasteiger partial charge is 0.403 e. The molecular weight excluding hydrogens is 1470 g/mol. The molecule has 13 rings (SSSR count). The zero-order valence-corrected chi connectivity index (χ0v) is 64.5. The van der Waals surface area contributed by atoms with Gasteiger partial charge in [0.05, 0.1) is 44.5 Å². The van der Waals surface area contributed by atoms with Gasteiger partial charge in [-0.05, 0) is 147 Å². The quantitative estimate of drug-likeness (QED) is 0.0413. The molecule has 4 aromatic heterocycles. The summed E-state index contributed by atoms with van der Waals surface area (Å²) in [4.78, 5) is 143. The van der Waals surface area contributed by atoms with E-state index in [0.717, 1.165) is 0 Å². The lowest BCUT2D eigenvalue weighted by molar-refractivity contribution is 0.0694. The van der Waals surface area contributed by atoms with E-state index in [4.69, 9.17) is 57.8 Å². The van der Waals surface area contributed by atoms with Crippen LogP contribution in [-0.2, 0) is 0 Å². The maximum absolute atomic E-state index is 15.2. The molecule has 1 aliphatic rings. The summed E-state index contributed by atoms with van der Waals surface area (Å²) in [6.45, 7) is 7.93. The monoisotopic (exact) mass is 1550 g/mol. The average molecular weight is 1550 g/mol. The number of rotatable bonds is 28. The molecule has 0 radical (unpaired) electrons. The third-order valence-corrected chi connectivity index (χ3v) is 20.0. The van der Waals surface area contributed by atoms with Crippen LogP contribution in [0.3, 0.4) is 0 Å². The Hall–Kier alpha value is -13.9. The van der Waals surface area contributed by atoms with E-state index in [0.29, 0.717) is 51.4 Å². The van der Waals surface area contributed by atoms with Gasteiger partial charge in [0.1, 0.15) is 0 Å². The predicted octanol–water partition coefficient (Wildman–Crippen LogP) is 20.6. The zero-order valence-electron chi connectivity index (χ0n) is 64.5. The van der Waals surface area contributed by atoms with Crippen LogP contribution in [0.1, 0.15) is 256 Å². The van der Waals surface area contributed by atoms with Crippen LogP contribution in [0.25, 0.3) is 0 Å². The minimum absolute atomic E-state index is 0.115. The lowest BCUT2D eigenvalue weighted by Gasteiger charge is -2.30. The van der Waals surface area contributed by atoms with Gasteiger partial charge in [-0.2, -0.15) is 19.9 Å². The highest BCUT2D eigenvalue weighted by atomic mass is 16.6. The van der Waals surface area contributed by atoms with E-state index in [1.165, 1.54) is 0 Å². The number of aromatic nitrogens is 4. The zero-order chi connectivity index (χ0) is 80.9. The van der Waals surface area contributed by atoms with Crippen molar-refractivity contribution in [3.63, 3.8) is 0 Å². The second-order valence-electron chi connectivity index (χ2n) is 27.9. The van der Waals surface area contributed by atoms with Crippen molar-refractivity contribution in [3.8, 4) is 47.0 Å². The molecule has 0 spiro atoms. The van der Waals surface area contributed by atoms with Gasteiger partial charge in [0.15, 0.2) is 0 Å². The SMILES string of the molecule is CCCCC1c2cc(c(OC(=O)c3ccccc3)nc2OC(=O)c2ccccc2)C(CCCC)c2cc(c(OC(=O)c3ccccc3)nc2OC(=O)c2ccccc2)C(CCCC)c2cc(c(OC(=O)c3ccccc3)nc2OC(=O)c2ccccc2)C(CCCC)c2cc1c(OC(=O)c1ccccc1)nc2OC(=O)c1ccccc1. The Kier molecular flexibility index (Phi) is 26.7. The van der Waals surface area contributed by atoms with Crippen LogP contribution < -0.4 is 37.9 Å². The van der Waals surface area contributed by atoms with Crippen molar-refractivity contribution >= 4 is 47.8 Å². The summed E-state index contributed by atoms with van der Waals surface area (Å²) in [5.41, 5.74) is 2.19. The van der Waals surface area contributed by atoms with Crippen LogP contribution in [0.4, 0.5) is 0 Å². The standard InChI is InChI=1S/C96H84N4O16/c1-5-9-53-69-73-57-75(83(111-91(103)63-41-25-15-26-42-63)97-81(73)109-89(101)61-37-21-13-22-38-61)70(54-10-6-2)77-59-79(87(115-95(107)67-49-33-19-34-50-67)99-85(77)113-93(105)65-45-29-17-30-46-65)72(56-12-8-4)80-60-78(86(114-94(106)66-47-31-18-32-48-66)100-88(80)116-96(108)68-51-35-20-36-52-68)71(55-11-7-3)76-58-74(69)82(110-90(102)62-39-23-14-24-40-62)98-84(76)112-92(104)64-43-27-16-28-44-64/h13-52,57-60,69-72H,5-12,53-56H2,1-4H3. The molecule has 8 bridgehead atoms. The van der Waals surface area contributed by atoms with Crippen LogP contribution in [0, 0.1) is 0 Å². The Bertz CT molecular complexity index is 4500. The van der Waals surface area contributed by atoms with Crippen LogP contribution in [0.15, 0.2) is 267 Å². The van der Waals surface area contributed by atoms with Crippen molar-refractivity contribution in [2.75, 3.05) is 0 Å². The molecule has 12 aromatic rings. The van der Waals surface area contributed by atoms with Gasteiger partial charge < -0.3 is 37.9 Å². The highest BCUT2D eigenvalue weighted by Gasteiger charge is 2.40. The molecule has 0 fully saturated rings. The number of unbranched alkanes of at least 4 members (excludes halogenated alkanes) is 4. The summed E-state index contributed by atoms with van der Waals surface area (Å²) in [7, 11) is 0. The first-order chi connectivity index (χ1) is 56.7. The summed E-state index contributed by atoms with van der Waals surface area (Å²) in [6.07, 6.45) is 4.36. The van der Waals surface area contributed by atoms with E-state index in [1.54, 1.807) is 267 Å². The lowest BCUT2D eigenvalue weighted by Crippen LogP contribution is -2.22. The first kappa shape index (κ1) is 80.2. The third-order valence-electron chi connectivity index (χ3n) is 20.0. The number of carbonyl (C=O) groups is 8. The number of hydrogen-bond donors (Lipinski definition) is 0. The fraction of sp³-hybridized carbons (Fsp3) is 0.208. The van der Waals surface area contributed by atoms with E-state index in [9.17, 15) is 0 Å². The molecule has 0 unspecified atom stereocenters. The van der Waals surface area contributed by atoms with Crippen LogP contribution >= 0.6 is 0 Å². The number of benzene rings is 8. The van der Waals surface area contributed by atoms with E-state index >= 15 is 38.4 Å². The Morgan fingerprint density at radius 3 is 0.440 bits per heavy atom. The van der Waals surface area contributed by atoms with Crippen molar-refractivity contribution in [2.24, 2.45) is 0 Å². The van der Waals surface area contributed by atoms with Crippen LogP contribution in [0.2, 0.25) is 0 Å². The number of carbonyl (C=O) groups excluding carboxylic acids is 8. The first-order valence-electron chi connectivity index (χ1n) is 39.1. The van der Waals surface area contributed by atoms with E-state index in [2.05, 4.69) is 0 Å². The molecule has 0 saturated heterocycles. The van der Waals surface area contributed by atoms with Gasteiger partial charge in [-0.25, -0.2) is 38.4 Å². The van der Waals surface area contributed by atoms with Crippen molar-refractivity contribution in [3.05, 3.63) is 356 Å². The average Bonchev–Trinajstić information content (AvgIpc) is 0.741. The van der Waals surface area contributed by atoms with Gasteiger partial charge in [-0.1, -0.05) is 225 Å². The number of fused-ring (bicyclic) bond motifs is 8. The number of esters is 8. The molecule has 4 heterocycles. The van der Waals surface area contributed by atoms with E-state index < -0.39 is 71.4 Å². The molecule has 20 nitrogen and oxygen atoms in total. The smallest absolute Gasteiger partial charge is 0.344 e. The molecule has 0 saturated carbocycles. The molecule has 8 aromatic carbocycles. The Balaban J connectivity index is 1.24. The Morgan fingerprint density at radius 1 is 0.207 bits per heavy atom. The van der Waals surface area contributed by atoms with E-state index in [1.807, 2.05) is 27.7 Å². The summed E-state index contributed by atoms with van der Waals surface area (Å²) < 4.78 is 53.3. The predicted molar refractivity (Wildman–Crippen MR) is 434 cm³/mol. The summed E-state index contributed by atoms with van der Waals surface area (Å²) >= 11 is 0. The molecule has 584 valence electrons. The van der Waals surface area contributed by atoms with Gasteiger partial charge in [-0.3, -0.25) is 0 Å². The minimum Gasteiger partial charge on any atom is -0.403 e. The molecule has 0 N–H and O–H groups in total. The number of ether oxygens (including phenoxy) is 8. The van der Waals surface area contributed by atoms with E-state index in [-0.39, 0.29) is 162 Å². The van der Waals surface area contributed by atoms with Gasteiger partial charge >= 0.3 is 47.8 Å². The van der Waals surface area contributed by atoms with Gasteiger partial charge in [0, 0.05) is 68.2 Å². The van der Waals surface area contributed by atoms with Crippen LogP contribution in [-0.4, -0.2) is 67.7 Å². The molecule has 1 aliphatic carbocycles. The molecule has 0 amide bonds. The molecule has 20 heteroatoms. The highest BCUT2D eigenvalue weighted by Crippen LogP contribution is 2.53. The third kappa shape index (κ3) is 19.2. The van der Waals surface area contributed by atoms with Crippen molar-refractivity contribution in [1.82, 2.24) is 19.9 Å². The summed E-state index contributed by atoms with van der Waals surface area (Å²) in [6, 6.07) is 72.6. The Labute approximate surface area is 671 Å². The summed E-state index contributed by atoms with van der Waals surface area (Å²) in [5.74, 6) is -14.5. The number of nitrogens with zero attached hydrogens (tertiary/aromatic N) is 4. The summed E-state index contributed by atoms with van der Waals surface area (Å²) in [5, 5.41) is 0. The maximum atomic E-state index is 15.2. The molecule has 0 aliphatic heterocycles. The first-order valence-corrected chi connectivity index (χ1v) is 39.1. The van der Waals surface area contributed by atoms with Gasteiger partial charge in [0.2, 0.25) is 47.0 Å². The fourth-order valence-corrected chi connectivity index (χ4v) is 14.0. The Morgan fingerprint density at radius 2 is 0.328 bits per heavy atom. The normalized spacial score (nSPS) is 14.0. The van der Waals surface area contributed by atoms with Crippen molar-refractivity contribution < 1.29 is 76.3 Å². The fourth-order valence-electron chi connectivity index (χ4n) is 14.0. The maximum Gasteiger partial charge on any atom is 0.344 e. The topological polar surface area (TPSA) is 262 Å². The van der Waals surface area contributed by atoms with Gasteiger partial charge in [0.25, 0.3) is 0 Å². The molecule has 116 heavy (non-hydrogen) atoms.